The molecule has 0 unspecified atom stereocenters. The van der Waals surface area contributed by atoms with Crippen molar-refractivity contribution in [2.45, 2.75) is 34.6 Å². The number of benzene rings is 1. The van der Waals surface area contributed by atoms with Crippen molar-refractivity contribution in [1.29, 1.82) is 0 Å². The van der Waals surface area contributed by atoms with Gasteiger partial charge in [-0.15, -0.1) is 0 Å². The fraction of sp³-hybridized carbons (Fsp3) is 0.333. The van der Waals surface area contributed by atoms with Crippen LogP contribution in [-0.2, 0) is 0 Å². The molecule has 0 fully saturated rings. The first-order chi connectivity index (χ1) is 10.1. The molecule has 0 bridgehead atoms. The van der Waals surface area contributed by atoms with Crippen molar-refractivity contribution in [3.63, 3.8) is 0 Å². The molecule has 0 radical (unpaired) electrons. The van der Waals surface area contributed by atoms with Crippen LogP contribution in [0.2, 0.25) is 5.15 Å². The van der Waals surface area contributed by atoms with E-state index in [9.17, 15) is 0 Å². The molecule has 0 saturated carbocycles. The molecule has 1 heterocycles. The molecular weight excluding hydrogens is 288 g/mol. The lowest BCUT2D eigenvalue weighted by Gasteiger charge is -2.09. The second kappa shape index (κ2) is 9.83. The van der Waals surface area contributed by atoms with E-state index < -0.39 is 0 Å². The van der Waals surface area contributed by atoms with E-state index in [1.165, 1.54) is 12.4 Å². The van der Waals surface area contributed by atoms with Crippen molar-refractivity contribution in [1.82, 2.24) is 9.97 Å². The molecule has 1 aromatic carbocycles. The number of anilines is 2. The van der Waals surface area contributed by atoms with Crippen molar-refractivity contribution in [2.75, 3.05) is 11.5 Å². The number of nitrogen functional groups attached to an aromatic ring is 2. The molecule has 1 aromatic heterocycles. The molecule has 4 N–H and O–H groups in total. The molecule has 0 saturated heterocycles. The summed E-state index contributed by atoms with van der Waals surface area (Å²) in [4.78, 5) is 7.69. The van der Waals surface area contributed by atoms with Crippen molar-refractivity contribution in [3.8, 4) is 11.6 Å². The average molecular weight is 311 g/mol. The molecule has 0 aliphatic carbocycles. The van der Waals surface area contributed by atoms with Gasteiger partial charge in [-0.05, 0) is 18.6 Å². The first-order valence-corrected chi connectivity index (χ1v) is 7.25. The van der Waals surface area contributed by atoms with Crippen LogP contribution in [0.1, 0.15) is 33.3 Å². The Morgan fingerprint density at radius 1 is 1.00 bits per heavy atom. The minimum absolute atomic E-state index is 0.315. The molecule has 116 valence electrons. The van der Waals surface area contributed by atoms with Crippen molar-refractivity contribution in [2.24, 2.45) is 0 Å². The monoisotopic (exact) mass is 310 g/mol. The normalized spacial score (nSPS) is 8.86. The highest BCUT2D eigenvalue weighted by atomic mass is 35.5. The zero-order valence-electron chi connectivity index (χ0n) is 13.1. The third-order valence-corrected chi connectivity index (χ3v) is 2.43. The van der Waals surface area contributed by atoms with Crippen LogP contribution < -0.4 is 16.2 Å². The van der Waals surface area contributed by atoms with Gasteiger partial charge in [-0.25, -0.2) is 9.97 Å². The Hall–Kier alpha value is -2.01. The van der Waals surface area contributed by atoms with Gasteiger partial charge in [0.1, 0.15) is 17.2 Å². The van der Waals surface area contributed by atoms with E-state index in [1.807, 2.05) is 34.6 Å². The number of hydrogen-bond donors (Lipinski definition) is 2. The van der Waals surface area contributed by atoms with Crippen LogP contribution in [0.15, 0.2) is 24.5 Å². The zero-order chi connectivity index (χ0) is 16.4. The fourth-order valence-electron chi connectivity index (χ4n) is 1.34. The lowest BCUT2D eigenvalue weighted by molar-refractivity contribution is 0.461. The standard InChI is InChI=1S/C11H11ClN4O.2C2H6/c1-6-2-7(3-8(13)11(6)14)17-10-4-9(12)15-5-16-10;2*1-2/h2-5H,13-14H2,1H3;2*1-2H3. The third kappa shape index (κ3) is 5.87. The Morgan fingerprint density at radius 3 is 2.14 bits per heavy atom. The molecule has 21 heavy (non-hydrogen) atoms. The topological polar surface area (TPSA) is 87.0 Å². The number of aryl methyl sites for hydroxylation is 1. The molecule has 0 aliphatic rings. The lowest BCUT2D eigenvalue weighted by atomic mass is 10.1. The number of aromatic nitrogens is 2. The van der Waals surface area contributed by atoms with Gasteiger partial charge in [-0.1, -0.05) is 39.3 Å². The molecule has 2 rings (SSSR count). The van der Waals surface area contributed by atoms with E-state index >= 15 is 0 Å². The molecule has 0 spiro atoms. The van der Waals surface area contributed by atoms with Gasteiger partial charge in [-0.3, -0.25) is 0 Å². The summed E-state index contributed by atoms with van der Waals surface area (Å²) in [5, 5.41) is 0.315. The molecule has 0 atom stereocenters. The van der Waals surface area contributed by atoms with Gasteiger partial charge in [0.2, 0.25) is 5.88 Å². The van der Waals surface area contributed by atoms with E-state index in [0.29, 0.717) is 28.2 Å². The maximum absolute atomic E-state index is 5.74. The van der Waals surface area contributed by atoms with Crippen LogP contribution in [0, 0.1) is 6.92 Å². The van der Waals surface area contributed by atoms with Crippen LogP contribution in [0.4, 0.5) is 11.4 Å². The molecule has 0 amide bonds. The summed E-state index contributed by atoms with van der Waals surface area (Å²) in [5.74, 6) is 0.914. The van der Waals surface area contributed by atoms with Gasteiger partial charge in [0.05, 0.1) is 11.4 Å². The molecule has 0 aliphatic heterocycles. The zero-order valence-corrected chi connectivity index (χ0v) is 13.9. The molecular formula is C15H23ClN4O. The largest absolute Gasteiger partial charge is 0.439 e. The number of hydrogen-bond acceptors (Lipinski definition) is 5. The Bertz CT molecular complexity index is 538. The lowest BCUT2D eigenvalue weighted by Crippen LogP contribution is -1.98. The second-order valence-corrected chi connectivity index (χ2v) is 3.91. The van der Waals surface area contributed by atoms with Crippen LogP contribution in [-0.4, -0.2) is 9.97 Å². The van der Waals surface area contributed by atoms with Crippen LogP contribution in [0.25, 0.3) is 0 Å². The predicted octanol–water partition coefficient (Wildman–Crippen LogP) is 4.45. The SMILES string of the molecule is CC.CC.Cc1cc(Oc2cc(Cl)ncn2)cc(N)c1N. The van der Waals surface area contributed by atoms with E-state index in [4.69, 9.17) is 27.8 Å². The summed E-state index contributed by atoms with van der Waals surface area (Å²) in [6, 6.07) is 4.93. The second-order valence-electron chi connectivity index (χ2n) is 3.52. The Labute approximate surface area is 131 Å². The first kappa shape index (κ1) is 19.0. The van der Waals surface area contributed by atoms with Gasteiger partial charge in [0.15, 0.2) is 0 Å². The quantitative estimate of drug-likeness (QED) is 0.632. The van der Waals surface area contributed by atoms with Gasteiger partial charge in [-0.2, -0.15) is 0 Å². The average Bonchev–Trinajstić information content (AvgIpc) is 2.49. The Balaban J connectivity index is 0.000000921. The highest BCUT2D eigenvalue weighted by Crippen LogP contribution is 2.29. The predicted molar refractivity (Wildman–Crippen MR) is 89.8 cm³/mol. The van der Waals surface area contributed by atoms with Gasteiger partial charge in [0, 0.05) is 12.1 Å². The van der Waals surface area contributed by atoms with Crippen molar-refractivity contribution in [3.05, 3.63) is 35.2 Å². The maximum Gasteiger partial charge on any atom is 0.223 e. The van der Waals surface area contributed by atoms with E-state index in [2.05, 4.69) is 9.97 Å². The number of halogens is 1. The van der Waals surface area contributed by atoms with Gasteiger partial charge >= 0.3 is 0 Å². The number of nitrogens with two attached hydrogens (primary N) is 2. The first-order valence-electron chi connectivity index (χ1n) is 6.87. The van der Waals surface area contributed by atoms with Crippen molar-refractivity contribution >= 4 is 23.0 Å². The van der Waals surface area contributed by atoms with Gasteiger partial charge in [0.25, 0.3) is 0 Å². The maximum atomic E-state index is 5.74. The number of rotatable bonds is 2. The Morgan fingerprint density at radius 2 is 1.62 bits per heavy atom. The minimum Gasteiger partial charge on any atom is -0.439 e. The summed E-state index contributed by atoms with van der Waals surface area (Å²) in [6.07, 6.45) is 1.32. The summed E-state index contributed by atoms with van der Waals surface area (Å²) in [5.41, 5.74) is 13.4. The summed E-state index contributed by atoms with van der Waals surface area (Å²) in [7, 11) is 0. The van der Waals surface area contributed by atoms with E-state index in [1.54, 1.807) is 12.1 Å². The summed E-state index contributed by atoms with van der Waals surface area (Å²) >= 11 is 5.72. The smallest absolute Gasteiger partial charge is 0.223 e. The molecule has 2 aromatic rings. The van der Waals surface area contributed by atoms with Crippen molar-refractivity contribution < 1.29 is 4.74 Å². The highest BCUT2D eigenvalue weighted by molar-refractivity contribution is 6.29. The number of nitrogens with zero attached hydrogens (tertiary/aromatic N) is 2. The fourth-order valence-corrected chi connectivity index (χ4v) is 1.48. The summed E-state index contributed by atoms with van der Waals surface area (Å²) < 4.78 is 5.50. The third-order valence-electron chi connectivity index (χ3n) is 2.22. The van der Waals surface area contributed by atoms with E-state index in [0.717, 1.165) is 5.56 Å². The summed E-state index contributed by atoms with van der Waals surface area (Å²) in [6.45, 7) is 9.85. The Kier molecular flexibility index (Phi) is 8.88. The van der Waals surface area contributed by atoms with Gasteiger partial charge < -0.3 is 16.2 Å². The number of ether oxygens (including phenoxy) is 1. The minimum atomic E-state index is 0.315. The highest BCUT2D eigenvalue weighted by Gasteiger charge is 2.05. The van der Waals surface area contributed by atoms with Crippen LogP contribution in [0.3, 0.4) is 0 Å². The van der Waals surface area contributed by atoms with E-state index in [-0.39, 0.29) is 0 Å². The molecule has 6 heteroatoms. The molecule has 5 nitrogen and oxygen atoms in total. The van der Waals surface area contributed by atoms with Crippen LogP contribution >= 0.6 is 11.6 Å². The van der Waals surface area contributed by atoms with Crippen LogP contribution in [0.5, 0.6) is 11.6 Å².